The van der Waals surface area contributed by atoms with E-state index in [4.69, 9.17) is 32.0 Å². The topological polar surface area (TPSA) is 117 Å². The van der Waals surface area contributed by atoms with Crippen LogP contribution in [0.4, 0.5) is 5.69 Å². The average molecular weight is 496 g/mol. The number of hydrogen-bond donors (Lipinski definition) is 3. The van der Waals surface area contributed by atoms with Crippen LogP contribution >= 0.6 is 35.3 Å². The summed E-state index contributed by atoms with van der Waals surface area (Å²) in [6, 6.07) is 12.8. The van der Waals surface area contributed by atoms with E-state index in [0.717, 1.165) is 4.88 Å². The number of nitrogens with one attached hydrogen (secondary N) is 2. The number of thiophene rings is 1. The predicted octanol–water partition coefficient (Wildman–Crippen LogP) is 4.60. The Morgan fingerprint density at radius 1 is 1.31 bits per heavy atom. The Balaban J connectivity index is 0.00000289. The van der Waals surface area contributed by atoms with Crippen molar-refractivity contribution >= 4 is 52.9 Å². The number of hydrogen-bond acceptors (Lipinski definition) is 6. The van der Waals surface area contributed by atoms with Gasteiger partial charge in [-0.05, 0) is 37.1 Å². The number of ether oxygens (including phenoxy) is 1. The summed E-state index contributed by atoms with van der Waals surface area (Å²) in [5.74, 6) is 1.19. The maximum atomic E-state index is 12.6. The van der Waals surface area contributed by atoms with Gasteiger partial charge < -0.3 is 25.2 Å². The summed E-state index contributed by atoms with van der Waals surface area (Å²) in [4.78, 5) is 15.3. The van der Waals surface area contributed by atoms with Crippen molar-refractivity contribution in [3.05, 3.63) is 52.5 Å². The van der Waals surface area contributed by atoms with E-state index in [1.807, 2.05) is 36.4 Å². The molecule has 1 aromatic carbocycles. The maximum absolute atomic E-state index is 12.6. The summed E-state index contributed by atoms with van der Waals surface area (Å²) in [5, 5.41) is 14.5. The van der Waals surface area contributed by atoms with Crippen molar-refractivity contribution < 1.29 is 14.1 Å². The first kappa shape index (κ1) is 23.9. The number of guanidine groups is 1. The van der Waals surface area contributed by atoms with Gasteiger partial charge in [-0.25, -0.2) is 0 Å². The number of carbonyl (C=O) groups excluding carboxylic acids is 1. The van der Waals surface area contributed by atoms with E-state index >= 15 is 0 Å². The van der Waals surface area contributed by atoms with Crippen LogP contribution in [-0.2, 0) is 11.4 Å². The van der Waals surface area contributed by atoms with Gasteiger partial charge in [0.25, 0.3) is 0 Å². The Labute approximate surface area is 200 Å². The predicted molar refractivity (Wildman–Crippen MR) is 128 cm³/mol. The van der Waals surface area contributed by atoms with Crippen LogP contribution in [0.1, 0.15) is 18.5 Å². The molecule has 0 bridgehead atoms. The number of rotatable bonds is 6. The van der Waals surface area contributed by atoms with Gasteiger partial charge in [-0.15, -0.1) is 23.7 Å². The summed E-state index contributed by atoms with van der Waals surface area (Å²) in [6.45, 7) is 1.48. The highest BCUT2D eigenvalue weighted by molar-refractivity contribution is 7.19. The first-order chi connectivity index (χ1) is 15.0. The number of amides is 1. The van der Waals surface area contributed by atoms with Gasteiger partial charge in [-0.3, -0.25) is 10.2 Å². The first-order valence-corrected chi connectivity index (χ1v) is 11.0. The van der Waals surface area contributed by atoms with Crippen LogP contribution in [-0.4, -0.2) is 35.0 Å². The number of nitrogens with zero attached hydrogens (tertiary/aromatic N) is 2. The zero-order chi connectivity index (χ0) is 21.8. The molecule has 1 aliphatic rings. The summed E-state index contributed by atoms with van der Waals surface area (Å²) in [6.07, 6.45) is 1.34. The molecule has 0 aliphatic carbocycles. The van der Waals surface area contributed by atoms with Crippen LogP contribution in [0.3, 0.4) is 0 Å². The molecular weight excluding hydrogens is 473 g/mol. The molecule has 32 heavy (non-hydrogen) atoms. The fourth-order valence-corrected chi connectivity index (χ4v) is 4.38. The number of piperidine rings is 1. The zero-order valence-electron chi connectivity index (χ0n) is 17.0. The number of aromatic nitrogens is 1. The minimum absolute atomic E-state index is 0. The van der Waals surface area contributed by atoms with Gasteiger partial charge in [0.05, 0.1) is 9.21 Å². The van der Waals surface area contributed by atoms with Crippen LogP contribution in [0.25, 0.3) is 10.6 Å². The lowest BCUT2D eigenvalue weighted by Crippen LogP contribution is -2.44. The third-order valence-corrected chi connectivity index (χ3v) is 6.32. The van der Waals surface area contributed by atoms with E-state index in [2.05, 4.69) is 10.5 Å². The lowest BCUT2D eigenvalue weighted by atomic mass is 9.96. The average Bonchev–Trinajstić information content (AvgIpc) is 3.41. The second-order valence-corrected chi connectivity index (χ2v) is 8.95. The van der Waals surface area contributed by atoms with Crippen LogP contribution in [0.5, 0.6) is 5.75 Å². The van der Waals surface area contributed by atoms with Crippen molar-refractivity contribution in [3.8, 4) is 16.4 Å². The fraction of sp³-hybridized carbons (Fsp3) is 0.286. The maximum Gasteiger partial charge on any atom is 0.227 e. The molecule has 0 unspecified atom stereocenters. The standard InChI is InChI=1S/C21H22ClN5O3S.ClH/c22-19-5-4-18(31-19)17-11-15(26-30-17)12-29-16-3-1-2-14(10-16)25-20(28)13-6-8-27(9-7-13)21(23)24;/h1-5,10-11,13H,6-9,12H2,(H3,23,24)(H,25,28);1H. The van der Waals surface area contributed by atoms with Gasteiger partial charge in [0, 0.05) is 36.8 Å². The fourth-order valence-electron chi connectivity index (χ4n) is 3.39. The summed E-state index contributed by atoms with van der Waals surface area (Å²) < 4.78 is 11.9. The Morgan fingerprint density at radius 3 is 2.78 bits per heavy atom. The SMILES string of the molecule is Cl.N=C(N)N1CCC(C(=O)Nc2cccc(OCc3cc(-c4ccc(Cl)s4)on3)c2)CC1. The molecule has 1 amide bonds. The van der Waals surface area contributed by atoms with Gasteiger partial charge in [-0.1, -0.05) is 22.8 Å². The van der Waals surface area contributed by atoms with E-state index in [-0.39, 0.29) is 36.8 Å². The Kier molecular flexibility index (Phi) is 8.00. The van der Waals surface area contributed by atoms with Gasteiger partial charge in [0.15, 0.2) is 11.7 Å². The van der Waals surface area contributed by atoms with E-state index in [1.165, 1.54) is 11.3 Å². The highest BCUT2D eigenvalue weighted by Gasteiger charge is 2.25. The molecule has 11 heteroatoms. The number of benzene rings is 1. The largest absolute Gasteiger partial charge is 0.487 e. The zero-order valence-corrected chi connectivity index (χ0v) is 19.4. The molecule has 0 atom stereocenters. The summed E-state index contributed by atoms with van der Waals surface area (Å²) in [7, 11) is 0. The third kappa shape index (κ3) is 5.93. The number of anilines is 1. The van der Waals surface area contributed by atoms with Gasteiger partial charge in [0.2, 0.25) is 5.91 Å². The van der Waals surface area contributed by atoms with Crippen LogP contribution in [0, 0.1) is 11.3 Å². The van der Waals surface area contributed by atoms with E-state index in [9.17, 15) is 4.79 Å². The number of carbonyl (C=O) groups is 1. The quantitative estimate of drug-likeness (QED) is 0.339. The van der Waals surface area contributed by atoms with Crippen LogP contribution in [0.15, 0.2) is 47.0 Å². The van der Waals surface area contributed by atoms with E-state index in [1.54, 1.807) is 11.0 Å². The van der Waals surface area contributed by atoms with Gasteiger partial charge in [0.1, 0.15) is 18.1 Å². The molecule has 2 aromatic heterocycles. The monoisotopic (exact) mass is 495 g/mol. The Morgan fingerprint density at radius 2 is 2.09 bits per heavy atom. The van der Waals surface area contributed by atoms with Crippen molar-refractivity contribution in [2.45, 2.75) is 19.4 Å². The summed E-state index contributed by atoms with van der Waals surface area (Å²) >= 11 is 7.38. The molecule has 0 saturated carbocycles. The molecule has 4 N–H and O–H groups in total. The smallest absolute Gasteiger partial charge is 0.227 e. The van der Waals surface area contributed by atoms with Crippen molar-refractivity contribution in [2.24, 2.45) is 11.7 Å². The van der Waals surface area contributed by atoms with Crippen LogP contribution in [0.2, 0.25) is 4.34 Å². The van der Waals surface area contributed by atoms with Crippen LogP contribution < -0.4 is 15.8 Å². The van der Waals surface area contributed by atoms with Gasteiger partial charge >= 0.3 is 0 Å². The third-order valence-electron chi connectivity index (χ3n) is 5.07. The molecule has 0 radical (unpaired) electrons. The minimum atomic E-state index is -0.0977. The lowest BCUT2D eigenvalue weighted by molar-refractivity contribution is -0.121. The normalized spacial score (nSPS) is 14.0. The Bertz CT molecular complexity index is 1080. The Hall–Kier alpha value is -2.75. The molecular formula is C21H23Cl2N5O3S. The van der Waals surface area contributed by atoms with E-state index in [0.29, 0.717) is 53.2 Å². The highest BCUT2D eigenvalue weighted by Crippen LogP contribution is 2.31. The highest BCUT2D eigenvalue weighted by atomic mass is 35.5. The van der Waals surface area contributed by atoms with Crippen molar-refractivity contribution in [1.29, 1.82) is 5.41 Å². The first-order valence-electron chi connectivity index (χ1n) is 9.82. The molecule has 3 heterocycles. The molecule has 170 valence electrons. The van der Waals surface area contributed by atoms with Crippen molar-refractivity contribution in [1.82, 2.24) is 10.1 Å². The number of halogens is 2. The van der Waals surface area contributed by atoms with E-state index < -0.39 is 0 Å². The molecule has 1 fully saturated rings. The van der Waals surface area contributed by atoms with Gasteiger partial charge in [-0.2, -0.15) is 0 Å². The molecule has 4 rings (SSSR count). The molecule has 8 nitrogen and oxygen atoms in total. The van der Waals surface area contributed by atoms with Crippen molar-refractivity contribution in [3.63, 3.8) is 0 Å². The minimum Gasteiger partial charge on any atom is -0.487 e. The molecule has 1 saturated heterocycles. The number of nitrogens with two attached hydrogens (primary N) is 1. The second kappa shape index (κ2) is 10.7. The molecule has 3 aromatic rings. The summed E-state index contributed by atoms with van der Waals surface area (Å²) in [5.41, 5.74) is 6.84. The van der Waals surface area contributed by atoms with Crippen molar-refractivity contribution in [2.75, 3.05) is 18.4 Å². The second-order valence-electron chi connectivity index (χ2n) is 7.24. The lowest BCUT2D eigenvalue weighted by Gasteiger charge is -2.31. The molecule has 0 spiro atoms. The number of likely N-dealkylation sites (tertiary alicyclic amines) is 1. The molecule has 1 aliphatic heterocycles.